The molecule has 0 aliphatic carbocycles. The molecule has 7 nitrogen and oxygen atoms in total. The van der Waals surface area contributed by atoms with Crippen molar-refractivity contribution in [1.82, 2.24) is 0 Å². The van der Waals surface area contributed by atoms with Crippen LogP contribution in [0.4, 0.5) is 5.69 Å². The van der Waals surface area contributed by atoms with Crippen LogP contribution in [0.2, 0.25) is 0 Å². The average Bonchev–Trinajstić information content (AvgIpc) is 2.74. The van der Waals surface area contributed by atoms with Crippen LogP contribution in [-0.4, -0.2) is 31.6 Å². The molecule has 3 aromatic carbocycles. The molecule has 8 heteroatoms. The fraction of sp³-hybridized carbons (Fsp3) is 0.182. The van der Waals surface area contributed by atoms with Gasteiger partial charge in [-0.05, 0) is 6.07 Å². The van der Waals surface area contributed by atoms with E-state index in [0.29, 0.717) is 13.1 Å². The van der Waals surface area contributed by atoms with E-state index in [0.717, 1.165) is 17.2 Å². The molecule has 0 amide bonds. The van der Waals surface area contributed by atoms with E-state index in [2.05, 4.69) is 0 Å². The molecule has 0 fully saturated rings. The number of hydrogen-bond donors (Lipinski definition) is 0. The molecule has 0 unspecified atom stereocenters. The molecular weight excluding hydrogens is 404 g/mol. The second-order valence-electron chi connectivity index (χ2n) is 7.33. The van der Waals surface area contributed by atoms with E-state index in [9.17, 15) is 18.5 Å². The Morgan fingerprint density at radius 1 is 0.833 bits per heavy atom. The number of hydrogen-bond acceptors (Lipinski definition) is 5. The smallest absolute Gasteiger partial charge is 0.295 e. The van der Waals surface area contributed by atoms with Crippen LogP contribution in [0.1, 0.15) is 11.1 Å². The zero-order valence-corrected chi connectivity index (χ0v) is 17.4. The van der Waals surface area contributed by atoms with E-state index in [4.69, 9.17) is 4.18 Å². The summed E-state index contributed by atoms with van der Waals surface area (Å²) in [5, 5.41) is 11.2. The minimum absolute atomic E-state index is 0.168. The van der Waals surface area contributed by atoms with E-state index in [1.807, 2.05) is 67.7 Å². The van der Waals surface area contributed by atoms with Crippen LogP contribution >= 0.6 is 0 Å². The highest BCUT2D eigenvalue weighted by molar-refractivity contribution is 7.87. The van der Waals surface area contributed by atoms with E-state index in [-0.39, 0.29) is 11.2 Å². The van der Waals surface area contributed by atoms with Gasteiger partial charge in [0.25, 0.3) is 5.69 Å². The highest BCUT2D eigenvalue weighted by atomic mass is 32.2. The third kappa shape index (κ3) is 5.50. The molecule has 0 spiro atoms. The Morgan fingerprint density at radius 2 is 1.30 bits per heavy atom. The van der Waals surface area contributed by atoms with Crippen LogP contribution in [0, 0.1) is 10.1 Å². The molecule has 30 heavy (non-hydrogen) atoms. The first-order chi connectivity index (χ1) is 14.3. The van der Waals surface area contributed by atoms with Gasteiger partial charge in [0, 0.05) is 17.2 Å². The molecular formula is C22H23N2O5S+. The van der Waals surface area contributed by atoms with Crippen LogP contribution in [0.15, 0.2) is 89.8 Å². The Kier molecular flexibility index (Phi) is 6.61. The first-order valence-electron chi connectivity index (χ1n) is 9.33. The molecule has 0 aliphatic rings. The van der Waals surface area contributed by atoms with Crippen molar-refractivity contribution in [1.29, 1.82) is 0 Å². The first kappa shape index (κ1) is 21.6. The van der Waals surface area contributed by atoms with E-state index in [1.54, 1.807) is 0 Å². The van der Waals surface area contributed by atoms with Crippen LogP contribution < -0.4 is 0 Å². The minimum Gasteiger partial charge on any atom is -0.295 e. The van der Waals surface area contributed by atoms with Crippen LogP contribution in [-0.2, 0) is 27.4 Å². The van der Waals surface area contributed by atoms with Crippen LogP contribution in [0.5, 0.6) is 0 Å². The van der Waals surface area contributed by atoms with Gasteiger partial charge in [-0.15, -0.1) is 0 Å². The average molecular weight is 428 g/mol. The van der Waals surface area contributed by atoms with E-state index in [1.165, 1.54) is 18.2 Å². The number of nitro groups is 1. The summed E-state index contributed by atoms with van der Waals surface area (Å²) in [7, 11) is -2.41. The van der Waals surface area contributed by atoms with Gasteiger partial charge in [0.05, 0.1) is 12.0 Å². The Morgan fingerprint density at radius 3 is 1.80 bits per heavy atom. The quantitative estimate of drug-likeness (QED) is 0.169. The summed E-state index contributed by atoms with van der Waals surface area (Å²) in [6.45, 7) is 0.891. The minimum atomic E-state index is -4.31. The zero-order chi connectivity index (χ0) is 21.6. The Hall–Kier alpha value is -3.07. The number of para-hydroxylation sites is 1. The standard InChI is InChI=1S/C22H23N2O5S/c1-24(16-19-10-4-2-5-11-19,17-20-12-6-3-7-13-20)18-29-30(27,28)22-15-9-8-14-21(22)23(25)26/h2-15H,16-18H2,1H3/q+1. The second kappa shape index (κ2) is 9.17. The number of nitro benzene ring substituents is 1. The lowest BCUT2D eigenvalue weighted by atomic mass is 10.1. The molecule has 0 atom stereocenters. The van der Waals surface area contributed by atoms with Gasteiger partial charge in [-0.3, -0.25) is 14.6 Å². The largest absolute Gasteiger partial charge is 0.308 e. The third-order valence-electron chi connectivity index (χ3n) is 4.67. The number of benzene rings is 3. The number of quaternary nitrogens is 1. The van der Waals surface area contributed by atoms with Gasteiger partial charge in [0.1, 0.15) is 13.1 Å². The fourth-order valence-electron chi connectivity index (χ4n) is 3.28. The van der Waals surface area contributed by atoms with Gasteiger partial charge in [-0.1, -0.05) is 72.8 Å². The van der Waals surface area contributed by atoms with Crippen molar-refractivity contribution < 1.29 is 22.0 Å². The fourth-order valence-corrected chi connectivity index (χ4v) is 4.44. The van der Waals surface area contributed by atoms with Crippen LogP contribution in [0.3, 0.4) is 0 Å². The lowest BCUT2D eigenvalue weighted by Crippen LogP contribution is -2.44. The predicted molar refractivity (Wildman–Crippen MR) is 113 cm³/mol. The Labute approximate surface area is 176 Å². The summed E-state index contributed by atoms with van der Waals surface area (Å²) >= 11 is 0. The van der Waals surface area contributed by atoms with Gasteiger partial charge >= 0.3 is 10.1 Å². The van der Waals surface area contributed by atoms with Crippen molar-refractivity contribution in [3.05, 3.63) is 106 Å². The van der Waals surface area contributed by atoms with Gasteiger partial charge in [-0.25, -0.2) is 4.18 Å². The van der Waals surface area contributed by atoms with Gasteiger partial charge in [0.15, 0.2) is 4.90 Å². The van der Waals surface area contributed by atoms with Gasteiger partial charge in [0.2, 0.25) is 6.73 Å². The molecule has 156 valence electrons. The second-order valence-corrected chi connectivity index (χ2v) is 8.92. The number of nitrogens with zero attached hydrogens (tertiary/aromatic N) is 2. The SMILES string of the molecule is C[N+](COS(=O)(=O)c1ccccc1[N+](=O)[O-])(Cc1ccccc1)Cc1ccccc1. The molecule has 3 aromatic rings. The van der Waals surface area contributed by atoms with Crippen LogP contribution in [0.25, 0.3) is 0 Å². The van der Waals surface area contributed by atoms with Crippen molar-refractivity contribution in [3.63, 3.8) is 0 Å². The topological polar surface area (TPSA) is 86.5 Å². The molecule has 0 saturated heterocycles. The Bertz CT molecular complexity index is 1060. The summed E-state index contributed by atoms with van der Waals surface area (Å²) in [4.78, 5) is 10.1. The van der Waals surface area contributed by atoms with Gasteiger partial charge < -0.3 is 0 Å². The highest BCUT2D eigenvalue weighted by Crippen LogP contribution is 2.26. The molecule has 0 N–H and O–H groups in total. The third-order valence-corrected chi connectivity index (χ3v) is 5.96. The van der Waals surface area contributed by atoms with Crippen molar-refractivity contribution in [2.24, 2.45) is 0 Å². The lowest BCUT2D eigenvalue weighted by molar-refractivity contribution is -0.949. The summed E-state index contributed by atoms with van der Waals surface area (Å²) in [5.41, 5.74) is 1.56. The van der Waals surface area contributed by atoms with Crippen molar-refractivity contribution in [2.45, 2.75) is 18.0 Å². The maximum Gasteiger partial charge on any atom is 0.308 e. The van der Waals surface area contributed by atoms with Crippen molar-refractivity contribution in [3.8, 4) is 0 Å². The van der Waals surface area contributed by atoms with Gasteiger partial charge in [-0.2, -0.15) is 8.42 Å². The van der Waals surface area contributed by atoms with Crippen molar-refractivity contribution >= 4 is 15.8 Å². The van der Waals surface area contributed by atoms with E-state index < -0.39 is 25.6 Å². The number of rotatable bonds is 9. The molecule has 0 radical (unpaired) electrons. The molecule has 0 heterocycles. The Balaban J connectivity index is 1.87. The van der Waals surface area contributed by atoms with Crippen molar-refractivity contribution in [2.75, 3.05) is 13.8 Å². The summed E-state index contributed by atoms with van der Waals surface area (Å²) in [6.07, 6.45) is 0. The molecule has 3 rings (SSSR count). The molecule has 0 saturated carbocycles. The molecule has 0 aliphatic heterocycles. The maximum atomic E-state index is 12.8. The first-order valence-corrected chi connectivity index (χ1v) is 10.7. The monoisotopic (exact) mass is 427 g/mol. The normalized spacial score (nSPS) is 11.9. The summed E-state index contributed by atoms with van der Waals surface area (Å²) in [5.74, 6) is 0. The zero-order valence-electron chi connectivity index (χ0n) is 16.5. The summed E-state index contributed by atoms with van der Waals surface area (Å²) in [6, 6.07) is 24.6. The predicted octanol–water partition coefficient (Wildman–Crippen LogP) is 4.10. The van der Waals surface area contributed by atoms with E-state index >= 15 is 0 Å². The highest BCUT2D eigenvalue weighted by Gasteiger charge is 2.31. The summed E-state index contributed by atoms with van der Waals surface area (Å²) < 4.78 is 31.1. The maximum absolute atomic E-state index is 12.8. The molecule has 0 bridgehead atoms. The lowest BCUT2D eigenvalue weighted by Gasteiger charge is -2.34. The molecule has 0 aromatic heterocycles.